The molecule has 1 aromatic rings. The van der Waals surface area contributed by atoms with Crippen LogP contribution in [0.5, 0.6) is 0 Å². The highest BCUT2D eigenvalue weighted by molar-refractivity contribution is 7.09. The molecule has 4 heteroatoms. The quantitative estimate of drug-likeness (QED) is 0.617. The summed E-state index contributed by atoms with van der Waals surface area (Å²) in [5.41, 5.74) is 12.7. The molecule has 0 aliphatic heterocycles. The van der Waals surface area contributed by atoms with Gasteiger partial charge in [0, 0.05) is 17.6 Å². The van der Waals surface area contributed by atoms with E-state index in [1.165, 1.54) is 11.3 Å². The van der Waals surface area contributed by atoms with Crippen molar-refractivity contribution in [1.82, 2.24) is 4.98 Å². The molecule has 0 aliphatic rings. The minimum atomic E-state index is -0.0301. The average Bonchev–Trinajstić information content (AvgIpc) is 2.37. The molecule has 1 unspecified atom stereocenters. The highest BCUT2D eigenvalue weighted by atomic mass is 32.1. The van der Waals surface area contributed by atoms with Crippen molar-refractivity contribution in [1.29, 1.82) is 0 Å². The summed E-state index contributed by atoms with van der Waals surface area (Å²) in [4.78, 5) is 4.93. The number of hydrogen-bond acceptors (Lipinski definition) is 4. The van der Waals surface area contributed by atoms with E-state index in [0.717, 1.165) is 4.88 Å². The number of nitrogens with two attached hydrogens (primary N) is 2. The van der Waals surface area contributed by atoms with E-state index in [0.29, 0.717) is 6.54 Å². The van der Waals surface area contributed by atoms with Gasteiger partial charge in [-0.15, -0.1) is 11.3 Å². The van der Waals surface area contributed by atoms with Crippen molar-refractivity contribution in [2.24, 2.45) is 11.5 Å². The molecule has 0 aliphatic carbocycles. The van der Waals surface area contributed by atoms with Crippen LogP contribution in [0.15, 0.2) is 11.7 Å². The van der Waals surface area contributed by atoms with Gasteiger partial charge in [-0.05, 0) is 0 Å². The zero-order valence-corrected chi connectivity index (χ0v) is 5.77. The molecule has 0 aromatic carbocycles. The lowest BCUT2D eigenvalue weighted by atomic mass is 10.3. The topological polar surface area (TPSA) is 64.9 Å². The number of thiazole rings is 1. The molecule has 50 valence electrons. The maximum atomic E-state index is 5.58. The van der Waals surface area contributed by atoms with Gasteiger partial charge in [0.05, 0.1) is 11.6 Å². The first-order valence-electron chi connectivity index (χ1n) is 2.68. The van der Waals surface area contributed by atoms with Crippen molar-refractivity contribution in [3.63, 3.8) is 0 Å². The zero-order valence-electron chi connectivity index (χ0n) is 4.95. The summed E-state index contributed by atoms with van der Waals surface area (Å²) in [6.07, 6.45) is 1.75. The Kier molecular flexibility index (Phi) is 2.16. The van der Waals surface area contributed by atoms with Crippen LogP contribution >= 0.6 is 11.3 Å². The third-order valence-corrected chi connectivity index (χ3v) is 1.98. The Labute approximate surface area is 57.7 Å². The van der Waals surface area contributed by atoms with E-state index in [1.54, 1.807) is 11.7 Å². The number of nitrogens with zero attached hydrogens (tertiary/aromatic N) is 1. The van der Waals surface area contributed by atoms with Crippen LogP contribution in [0.3, 0.4) is 0 Å². The van der Waals surface area contributed by atoms with Crippen molar-refractivity contribution in [3.8, 4) is 0 Å². The van der Waals surface area contributed by atoms with E-state index in [9.17, 15) is 0 Å². The van der Waals surface area contributed by atoms with Crippen LogP contribution in [-0.4, -0.2) is 11.5 Å². The van der Waals surface area contributed by atoms with E-state index >= 15 is 0 Å². The monoisotopic (exact) mass is 143 g/mol. The second kappa shape index (κ2) is 2.91. The van der Waals surface area contributed by atoms with Crippen molar-refractivity contribution in [2.75, 3.05) is 6.54 Å². The predicted octanol–water partition coefficient (Wildman–Crippen LogP) is 0.102. The molecule has 0 fully saturated rings. The molecule has 1 heterocycles. The summed E-state index contributed by atoms with van der Waals surface area (Å²) in [5.74, 6) is 0. The lowest BCUT2D eigenvalue weighted by Crippen LogP contribution is -2.19. The Hall–Kier alpha value is -0.450. The summed E-state index contributed by atoms with van der Waals surface area (Å²) in [6, 6.07) is -0.0301. The maximum Gasteiger partial charge on any atom is 0.0794 e. The molecular weight excluding hydrogens is 134 g/mol. The molecule has 0 saturated carbocycles. The van der Waals surface area contributed by atoms with Crippen LogP contribution in [0.2, 0.25) is 0 Å². The van der Waals surface area contributed by atoms with Gasteiger partial charge in [-0.2, -0.15) is 0 Å². The molecule has 1 rings (SSSR count). The summed E-state index contributed by atoms with van der Waals surface area (Å²) >= 11 is 1.54. The Morgan fingerprint density at radius 3 is 3.00 bits per heavy atom. The van der Waals surface area contributed by atoms with Gasteiger partial charge in [0.1, 0.15) is 0 Å². The van der Waals surface area contributed by atoms with Crippen LogP contribution < -0.4 is 11.5 Å². The van der Waals surface area contributed by atoms with Crippen LogP contribution in [-0.2, 0) is 0 Å². The summed E-state index contributed by atoms with van der Waals surface area (Å²) in [7, 11) is 0. The maximum absolute atomic E-state index is 5.58. The van der Waals surface area contributed by atoms with Gasteiger partial charge in [0.15, 0.2) is 0 Å². The Bertz CT molecular complexity index is 161. The molecule has 3 nitrogen and oxygen atoms in total. The average molecular weight is 143 g/mol. The normalized spacial score (nSPS) is 13.6. The standard InChI is InChI=1S/C5H9N3S/c6-1-4(7)5-2-8-3-9-5/h2-4H,1,6-7H2. The molecule has 0 spiro atoms. The largest absolute Gasteiger partial charge is 0.329 e. The van der Waals surface area contributed by atoms with E-state index in [1.807, 2.05) is 0 Å². The van der Waals surface area contributed by atoms with Gasteiger partial charge in [-0.1, -0.05) is 0 Å². The Morgan fingerprint density at radius 2 is 2.56 bits per heavy atom. The number of rotatable bonds is 2. The molecule has 9 heavy (non-hydrogen) atoms. The SMILES string of the molecule is NCC(N)c1cncs1. The second-order valence-corrected chi connectivity index (χ2v) is 2.66. The van der Waals surface area contributed by atoms with Gasteiger partial charge in [-0.25, -0.2) is 0 Å². The first-order chi connectivity index (χ1) is 4.34. The second-order valence-electron chi connectivity index (χ2n) is 1.75. The third kappa shape index (κ3) is 1.48. The van der Waals surface area contributed by atoms with Crippen molar-refractivity contribution in [2.45, 2.75) is 6.04 Å². The Morgan fingerprint density at radius 1 is 1.78 bits per heavy atom. The minimum absolute atomic E-state index is 0.0301. The third-order valence-electron chi connectivity index (χ3n) is 1.07. The molecular formula is C5H9N3S. The zero-order chi connectivity index (χ0) is 6.69. The van der Waals surface area contributed by atoms with Crippen molar-refractivity contribution in [3.05, 3.63) is 16.6 Å². The molecule has 1 aromatic heterocycles. The van der Waals surface area contributed by atoms with Gasteiger partial charge in [0.2, 0.25) is 0 Å². The van der Waals surface area contributed by atoms with Crippen molar-refractivity contribution < 1.29 is 0 Å². The molecule has 0 radical (unpaired) electrons. The van der Waals surface area contributed by atoms with Crippen LogP contribution in [0.1, 0.15) is 10.9 Å². The summed E-state index contributed by atoms with van der Waals surface area (Å²) in [6.45, 7) is 0.488. The smallest absolute Gasteiger partial charge is 0.0794 e. The highest BCUT2D eigenvalue weighted by Crippen LogP contribution is 2.12. The van der Waals surface area contributed by atoms with Gasteiger partial charge >= 0.3 is 0 Å². The number of aromatic nitrogens is 1. The fourth-order valence-electron chi connectivity index (χ4n) is 0.525. The molecule has 4 N–H and O–H groups in total. The van der Waals surface area contributed by atoms with Gasteiger partial charge in [0.25, 0.3) is 0 Å². The van der Waals surface area contributed by atoms with E-state index < -0.39 is 0 Å². The van der Waals surface area contributed by atoms with Gasteiger partial charge < -0.3 is 11.5 Å². The first-order valence-corrected chi connectivity index (χ1v) is 3.56. The molecule has 0 saturated heterocycles. The first kappa shape index (κ1) is 6.67. The predicted molar refractivity (Wildman–Crippen MR) is 38.1 cm³/mol. The highest BCUT2D eigenvalue weighted by Gasteiger charge is 2.02. The fourth-order valence-corrected chi connectivity index (χ4v) is 1.16. The summed E-state index contributed by atoms with van der Waals surface area (Å²) in [5, 5.41) is 0. The summed E-state index contributed by atoms with van der Waals surface area (Å²) < 4.78 is 0. The van der Waals surface area contributed by atoms with Crippen LogP contribution in [0.25, 0.3) is 0 Å². The van der Waals surface area contributed by atoms with Crippen LogP contribution in [0, 0.1) is 0 Å². The lowest BCUT2D eigenvalue weighted by molar-refractivity contribution is 0.750. The van der Waals surface area contributed by atoms with Crippen LogP contribution in [0.4, 0.5) is 0 Å². The fraction of sp³-hybridized carbons (Fsp3) is 0.400. The van der Waals surface area contributed by atoms with E-state index in [4.69, 9.17) is 11.5 Å². The van der Waals surface area contributed by atoms with E-state index in [2.05, 4.69) is 4.98 Å². The molecule has 0 amide bonds. The van der Waals surface area contributed by atoms with Crippen molar-refractivity contribution >= 4 is 11.3 Å². The number of hydrogen-bond donors (Lipinski definition) is 2. The minimum Gasteiger partial charge on any atom is -0.329 e. The van der Waals surface area contributed by atoms with Gasteiger partial charge in [-0.3, -0.25) is 4.98 Å². The molecule has 1 atom stereocenters. The lowest BCUT2D eigenvalue weighted by Gasteiger charge is -2.01. The Balaban J connectivity index is 2.65. The molecule has 0 bridgehead atoms. The van der Waals surface area contributed by atoms with E-state index in [-0.39, 0.29) is 6.04 Å².